The number of hydrogen-bond donors (Lipinski definition) is 2. The summed E-state index contributed by atoms with van der Waals surface area (Å²) in [5.41, 5.74) is 0. The summed E-state index contributed by atoms with van der Waals surface area (Å²) in [5, 5.41) is 5.88. The Bertz CT molecular complexity index is 1240. The SMILES string of the molecule is CCCCC(NC(=S)NP(=O)(Oc1ccccc1)N(CCCl)CCCl)P(=O)(Oc1ccccc1)Oc1ccccc1. The Kier molecular flexibility index (Phi) is 13.8. The molecule has 41 heavy (non-hydrogen) atoms. The third-order valence-corrected chi connectivity index (χ3v) is 10.6. The standard InChI is InChI=1S/C28H35Cl2N3O5P2S/c1-2-3-19-27(39(34,36-24-13-7-4-8-14-24)37-25-15-9-5-10-16-25)31-28(41)32-40(35,33(22-20-29)23-21-30)38-26-17-11-6-12-18-26/h4-18,27H,2-3,19-23H2,1H3,(H2,31,32,35,41). The van der Waals surface area contributed by atoms with Crippen molar-refractivity contribution < 1.29 is 22.7 Å². The van der Waals surface area contributed by atoms with Crippen LogP contribution in [0.4, 0.5) is 0 Å². The van der Waals surface area contributed by atoms with E-state index < -0.39 is 21.0 Å². The number of nitrogens with one attached hydrogen (secondary N) is 2. The lowest BCUT2D eigenvalue weighted by molar-refractivity contribution is 0.358. The van der Waals surface area contributed by atoms with Gasteiger partial charge in [0.15, 0.2) is 10.9 Å². The van der Waals surface area contributed by atoms with Crippen LogP contribution >= 0.6 is 50.7 Å². The number of alkyl halides is 2. The Balaban J connectivity index is 1.93. The summed E-state index contributed by atoms with van der Waals surface area (Å²) in [5.74, 6) is 0.608. The van der Waals surface area contributed by atoms with Gasteiger partial charge in [0.1, 0.15) is 17.2 Å². The van der Waals surface area contributed by atoms with Gasteiger partial charge in [0.2, 0.25) is 0 Å². The zero-order valence-electron chi connectivity index (χ0n) is 22.7. The van der Waals surface area contributed by atoms with Crippen LogP contribution < -0.4 is 24.0 Å². The first-order valence-electron chi connectivity index (χ1n) is 13.2. The Morgan fingerprint density at radius 3 is 1.66 bits per heavy atom. The van der Waals surface area contributed by atoms with Crippen molar-refractivity contribution in [2.75, 3.05) is 24.8 Å². The highest BCUT2D eigenvalue weighted by molar-refractivity contribution is 7.81. The molecule has 3 aromatic rings. The molecule has 0 saturated heterocycles. The van der Waals surface area contributed by atoms with Gasteiger partial charge in [-0.25, -0.2) is 13.8 Å². The third-order valence-electron chi connectivity index (χ3n) is 5.74. The Morgan fingerprint density at radius 2 is 1.24 bits per heavy atom. The minimum atomic E-state index is -3.96. The van der Waals surface area contributed by atoms with Crippen LogP contribution in [0.5, 0.6) is 17.2 Å². The maximum atomic E-state index is 14.5. The van der Waals surface area contributed by atoms with E-state index in [0.717, 1.165) is 6.42 Å². The molecule has 0 aliphatic rings. The van der Waals surface area contributed by atoms with Gasteiger partial charge in [0.05, 0.1) is 0 Å². The van der Waals surface area contributed by atoms with Crippen molar-refractivity contribution in [3.8, 4) is 17.2 Å². The number of para-hydroxylation sites is 3. The lowest BCUT2D eigenvalue weighted by Crippen LogP contribution is -2.45. The summed E-state index contributed by atoms with van der Waals surface area (Å²) in [6.07, 6.45) is 1.92. The number of nitrogens with zero attached hydrogens (tertiary/aromatic N) is 1. The fourth-order valence-corrected chi connectivity index (χ4v) is 8.65. The lowest BCUT2D eigenvalue weighted by atomic mass is 10.2. The predicted octanol–water partition coefficient (Wildman–Crippen LogP) is 8.28. The summed E-state index contributed by atoms with van der Waals surface area (Å²) in [6.45, 7) is 2.47. The van der Waals surface area contributed by atoms with E-state index in [1.165, 1.54) is 4.67 Å². The number of unbranched alkanes of at least 4 members (excludes halogenated alkanes) is 1. The number of hydrogen-bond acceptors (Lipinski definition) is 6. The first kappa shape index (κ1) is 33.3. The second-order valence-corrected chi connectivity index (χ2v) is 14.1. The van der Waals surface area contributed by atoms with Gasteiger partial charge >= 0.3 is 15.3 Å². The van der Waals surface area contributed by atoms with E-state index in [1.54, 1.807) is 72.8 Å². The van der Waals surface area contributed by atoms with Crippen molar-refractivity contribution in [2.24, 2.45) is 0 Å². The first-order chi connectivity index (χ1) is 19.8. The second-order valence-electron chi connectivity index (χ2n) is 8.85. The predicted molar refractivity (Wildman–Crippen MR) is 172 cm³/mol. The number of benzene rings is 3. The van der Waals surface area contributed by atoms with Gasteiger partial charge in [-0.05, 0) is 55.0 Å². The van der Waals surface area contributed by atoms with Crippen LogP contribution in [0.1, 0.15) is 26.2 Å². The van der Waals surface area contributed by atoms with Gasteiger partial charge in [0, 0.05) is 24.8 Å². The lowest BCUT2D eigenvalue weighted by Gasteiger charge is -2.33. The zero-order chi connectivity index (χ0) is 29.6. The fourth-order valence-electron chi connectivity index (χ4n) is 3.77. The van der Waals surface area contributed by atoms with Crippen LogP contribution in [0, 0.1) is 0 Å². The third kappa shape index (κ3) is 10.5. The molecular weight excluding hydrogens is 623 g/mol. The van der Waals surface area contributed by atoms with Crippen molar-refractivity contribution in [2.45, 2.75) is 32.0 Å². The molecule has 8 nitrogen and oxygen atoms in total. The number of thiocarbonyl (C=S) groups is 1. The zero-order valence-corrected chi connectivity index (χ0v) is 26.9. The number of halogens is 2. The highest BCUT2D eigenvalue weighted by Gasteiger charge is 2.41. The maximum Gasteiger partial charge on any atom is 0.452 e. The van der Waals surface area contributed by atoms with Crippen molar-refractivity contribution >= 4 is 55.8 Å². The molecule has 3 rings (SSSR count). The molecule has 2 N–H and O–H groups in total. The van der Waals surface area contributed by atoms with Crippen molar-refractivity contribution in [1.29, 1.82) is 0 Å². The Labute approximate surface area is 257 Å². The van der Waals surface area contributed by atoms with Crippen molar-refractivity contribution in [3.05, 3.63) is 91.0 Å². The van der Waals surface area contributed by atoms with E-state index in [4.69, 9.17) is 49.0 Å². The monoisotopic (exact) mass is 657 g/mol. The average molecular weight is 659 g/mol. The molecule has 0 saturated carbocycles. The van der Waals surface area contributed by atoms with Gasteiger partial charge in [-0.3, -0.25) is 5.09 Å². The van der Waals surface area contributed by atoms with E-state index in [-0.39, 0.29) is 30.0 Å². The Morgan fingerprint density at radius 1 is 0.805 bits per heavy atom. The van der Waals surface area contributed by atoms with Gasteiger partial charge in [-0.1, -0.05) is 74.4 Å². The molecule has 222 valence electrons. The highest BCUT2D eigenvalue weighted by Crippen LogP contribution is 2.54. The summed E-state index contributed by atoms with van der Waals surface area (Å²) in [6, 6.07) is 26.3. The van der Waals surface area contributed by atoms with Crippen LogP contribution in [-0.4, -0.2) is 40.4 Å². The van der Waals surface area contributed by atoms with Gasteiger partial charge in [0.25, 0.3) is 0 Å². The normalized spacial score (nSPS) is 13.6. The summed E-state index contributed by atoms with van der Waals surface area (Å²) in [7, 11) is -7.83. The summed E-state index contributed by atoms with van der Waals surface area (Å²) >= 11 is 17.7. The molecule has 13 heteroatoms. The molecule has 0 amide bonds. The Hall–Kier alpha value is -2.25. The molecule has 0 bridgehead atoms. The number of rotatable bonds is 17. The van der Waals surface area contributed by atoms with Gasteiger partial charge in [-0.2, -0.15) is 0 Å². The van der Waals surface area contributed by atoms with Crippen LogP contribution in [-0.2, 0) is 9.13 Å². The molecule has 0 aliphatic carbocycles. The summed E-state index contributed by atoms with van der Waals surface area (Å²) in [4.78, 5) is 0. The molecule has 0 spiro atoms. The molecule has 0 aliphatic heterocycles. The minimum absolute atomic E-state index is 0.0481. The van der Waals surface area contributed by atoms with Crippen LogP contribution in [0.3, 0.4) is 0 Å². The molecule has 2 atom stereocenters. The highest BCUT2D eigenvalue weighted by atomic mass is 35.5. The van der Waals surface area contributed by atoms with Crippen molar-refractivity contribution in [3.63, 3.8) is 0 Å². The summed E-state index contributed by atoms with van der Waals surface area (Å²) < 4.78 is 48.5. The maximum absolute atomic E-state index is 14.5. The first-order valence-corrected chi connectivity index (χ1v) is 17.9. The van der Waals surface area contributed by atoms with Crippen LogP contribution in [0.15, 0.2) is 91.0 Å². The largest absolute Gasteiger partial charge is 0.452 e. The van der Waals surface area contributed by atoms with E-state index in [9.17, 15) is 9.13 Å². The van der Waals surface area contributed by atoms with Gasteiger partial charge < -0.3 is 18.9 Å². The van der Waals surface area contributed by atoms with Crippen LogP contribution in [0.25, 0.3) is 0 Å². The van der Waals surface area contributed by atoms with E-state index in [1.807, 2.05) is 25.1 Å². The molecule has 2 unspecified atom stereocenters. The molecular formula is C28H35Cl2N3O5P2S. The molecule has 0 heterocycles. The van der Waals surface area contributed by atoms with Crippen LogP contribution in [0.2, 0.25) is 0 Å². The van der Waals surface area contributed by atoms with E-state index in [0.29, 0.717) is 30.1 Å². The second kappa shape index (κ2) is 17.0. The fraction of sp³-hybridized carbons (Fsp3) is 0.321. The molecule has 0 aromatic heterocycles. The molecule has 0 fully saturated rings. The quantitative estimate of drug-likeness (QED) is 0.0845. The van der Waals surface area contributed by atoms with E-state index >= 15 is 0 Å². The molecule has 3 aromatic carbocycles. The van der Waals surface area contributed by atoms with Gasteiger partial charge in [-0.15, -0.1) is 23.2 Å². The molecule has 0 radical (unpaired) electrons. The average Bonchev–Trinajstić information content (AvgIpc) is 2.96. The van der Waals surface area contributed by atoms with E-state index in [2.05, 4.69) is 10.4 Å². The topological polar surface area (TPSA) is 89.1 Å². The van der Waals surface area contributed by atoms with Crippen molar-refractivity contribution in [1.82, 2.24) is 15.1 Å². The smallest absolute Gasteiger partial charge is 0.418 e. The minimum Gasteiger partial charge on any atom is -0.418 e.